The maximum atomic E-state index is 13.1. The number of nitriles is 1. The summed E-state index contributed by atoms with van der Waals surface area (Å²) in [6.45, 7) is 9.67. The van der Waals surface area contributed by atoms with Crippen LogP contribution >= 0.6 is 0 Å². The van der Waals surface area contributed by atoms with E-state index in [0.717, 1.165) is 17.7 Å². The molecule has 1 aliphatic heterocycles. The summed E-state index contributed by atoms with van der Waals surface area (Å²) in [5, 5.41) is 9.52. The highest BCUT2D eigenvalue weighted by Gasteiger charge is 2.29. The lowest BCUT2D eigenvalue weighted by molar-refractivity contribution is 0.566. The van der Waals surface area contributed by atoms with E-state index in [1.807, 2.05) is 12.1 Å². The maximum absolute atomic E-state index is 13.1. The van der Waals surface area contributed by atoms with E-state index in [1.54, 1.807) is 12.1 Å². The Kier molecular flexibility index (Phi) is 4.70. The second-order valence-electron chi connectivity index (χ2n) is 7.18. The average Bonchev–Trinajstić information content (AvgIpc) is 2.60. The number of fused-ring (bicyclic) bond motifs is 1. The first-order valence-electron chi connectivity index (χ1n) is 8.85. The van der Waals surface area contributed by atoms with E-state index in [9.17, 15) is 9.65 Å². The van der Waals surface area contributed by atoms with Crippen LogP contribution in [0.2, 0.25) is 0 Å². The summed E-state index contributed by atoms with van der Waals surface area (Å²) in [5.41, 5.74) is 5.84. The predicted molar refractivity (Wildman–Crippen MR) is 107 cm³/mol. The smallest absolute Gasteiger partial charge is 0.123 e. The van der Waals surface area contributed by atoms with Crippen molar-refractivity contribution in [2.45, 2.75) is 33.2 Å². The summed E-state index contributed by atoms with van der Waals surface area (Å²) in [4.78, 5) is 2.38. The molecule has 3 heteroatoms. The Morgan fingerprint density at radius 2 is 1.88 bits per heavy atom. The molecule has 3 rings (SSSR count). The van der Waals surface area contributed by atoms with E-state index in [4.69, 9.17) is 0 Å². The summed E-state index contributed by atoms with van der Waals surface area (Å²) in [7, 11) is 0. The normalized spacial score (nSPS) is 15.9. The molecule has 0 spiro atoms. The molecule has 0 atom stereocenters. The van der Waals surface area contributed by atoms with Crippen LogP contribution in [0.5, 0.6) is 0 Å². The fourth-order valence-corrected chi connectivity index (χ4v) is 3.74. The number of anilines is 1. The zero-order valence-corrected chi connectivity index (χ0v) is 15.7. The Morgan fingerprint density at radius 3 is 2.50 bits per heavy atom. The first kappa shape index (κ1) is 17.9. The molecule has 1 heterocycles. The molecule has 0 bridgehead atoms. The zero-order valence-electron chi connectivity index (χ0n) is 15.7. The molecule has 2 nitrogen and oxygen atoms in total. The monoisotopic (exact) mass is 346 g/mol. The van der Waals surface area contributed by atoms with Gasteiger partial charge in [0.05, 0.1) is 17.2 Å². The van der Waals surface area contributed by atoms with Crippen LogP contribution in [0.15, 0.2) is 48.5 Å². The maximum Gasteiger partial charge on any atom is 0.123 e. The van der Waals surface area contributed by atoms with E-state index >= 15 is 0 Å². The third kappa shape index (κ3) is 3.28. The Morgan fingerprint density at radius 1 is 1.19 bits per heavy atom. The second kappa shape index (κ2) is 6.80. The third-order valence-corrected chi connectivity index (χ3v) is 4.90. The quantitative estimate of drug-likeness (QED) is 0.510. The van der Waals surface area contributed by atoms with E-state index in [2.05, 4.69) is 56.9 Å². The van der Waals surface area contributed by atoms with Crippen molar-refractivity contribution < 1.29 is 4.39 Å². The van der Waals surface area contributed by atoms with Crippen LogP contribution in [0.4, 0.5) is 10.1 Å². The minimum Gasteiger partial charge on any atom is -0.363 e. The summed E-state index contributed by atoms with van der Waals surface area (Å²) in [6, 6.07) is 14.5. The lowest BCUT2D eigenvalue weighted by Crippen LogP contribution is -2.44. The molecule has 0 radical (unpaired) electrons. The van der Waals surface area contributed by atoms with Gasteiger partial charge in [-0.05, 0) is 74.7 Å². The van der Waals surface area contributed by atoms with E-state index in [1.165, 1.54) is 29.0 Å². The summed E-state index contributed by atoms with van der Waals surface area (Å²) in [5.74, 6) is -0.303. The van der Waals surface area contributed by atoms with Gasteiger partial charge in [-0.25, -0.2) is 4.39 Å². The van der Waals surface area contributed by atoms with E-state index in [0.29, 0.717) is 5.57 Å². The van der Waals surface area contributed by atoms with Crippen molar-refractivity contribution in [1.29, 1.82) is 5.26 Å². The van der Waals surface area contributed by atoms with Crippen LogP contribution in [-0.4, -0.2) is 12.1 Å². The van der Waals surface area contributed by atoms with Crippen molar-refractivity contribution in [3.05, 3.63) is 71.0 Å². The number of allylic oxidation sites excluding steroid dienone is 2. The van der Waals surface area contributed by atoms with Gasteiger partial charge in [0.15, 0.2) is 0 Å². The molecule has 1 aliphatic rings. The number of benzene rings is 2. The highest BCUT2D eigenvalue weighted by molar-refractivity contribution is 5.91. The molecule has 0 aliphatic carbocycles. The molecule has 0 saturated heterocycles. The summed E-state index contributed by atoms with van der Waals surface area (Å²) >= 11 is 0. The average molecular weight is 346 g/mol. The first-order chi connectivity index (χ1) is 12.4. The van der Waals surface area contributed by atoms with E-state index < -0.39 is 0 Å². The highest BCUT2D eigenvalue weighted by atomic mass is 19.1. The minimum absolute atomic E-state index is 0.0187. The summed E-state index contributed by atoms with van der Waals surface area (Å²) in [6.07, 6.45) is 4.15. The van der Waals surface area contributed by atoms with Gasteiger partial charge in [-0.3, -0.25) is 0 Å². The lowest BCUT2D eigenvalue weighted by atomic mass is 9.88. The molecular formula is C23H23FN2. The van der Waals surface area contributed by atoms with Crippen LogP contribution in [0.25, 0.3) is 17.2 Å². The molecular weight excluding hydrogens is 323 g/mol. The number of rotatable bonds is 3. The van der Waals surface area contributed by atoms with Gasteiger partial charge in [0.25, 0.3) is 0 Å². The molecule has 0 aromatic heterocycles. The zero-order chi connectivity index (χ0) is 18.9. The van der Waals surface area contributed by atoms with Crippen LogP contribution in [0.3, 0.4) is 0 Å². The predicted octanol–water partition coefficient (Wildman–Crippen LogP) is 5.91. The molecule has 0 N–H and O–H groups in total. The molecule has 2 aromatic carbocycles. The van der Waals surface area contributed by atoms with Crippen molar-refractivity contribution in [3.63, 3.8) is 0 Å². The molecule has 26 heavy (non-hydrogen) atoms. The standard InChI is InChI=1S/C23H23FN2/c1-5-26-22-11-6-17(13-21(22)16(2)14-23(26,3)4)12-19(15-25)18-7-9-20(24)10-8-18/h6-14H,5H2,1-4H3/b19-12-. The third-order valence-electron chi connectivity index (χ3n) is 4.90. The van der Waals surface area contributed by atoms with Crippen LogP contribution in [0, 0.1) is 17.1 Å². The number of likely N-dealkylation sites (N-methyl/N-ethyl adjacent to an activating group) is 1. The van der Waals surface area contributed by atoms with Gasteiger partial charge in [0.2, 0.25) is 0 Å². The Hall–Kier alpha value is -2.86. The van der Waals surface area contributed by atoms with Crippen molar-refractivity contribution >= 4 is 22.9 Å². The number of nitrogens with zero attached hydrogens (tertiary/aromatic N) is 2. The highest BCUT2D eigenvalue weighted by Crippen LogP contribution is 2.39. The van der Waals surface area contributed by atoms with Gasteiger partial charge in [-0.1, -0.05) is 24.3 Å². The number of hydrogen-bond acceptors (Lipinski definition) is 2. The number of hydrogen-bond donors (Lipinski definition) is 0. The fourth-order valence-electron chi connectivity index (χ4n) is 3.74. The first-order valence-corrected chi connectivity index (χ1v) is 8.85. The van der Waals surface area contributed by atoms with Crippen LogP contribution < -0.4 is 4.90 Å². The number of halogens is 1. The Bertz CT molecular complexity index is 928. The van der Waals surface area contributed by atoms with Gasteiger partial charge in [0.1, 0.15) is 5.82 Å². The Balaban J connectivity index is 2.05. The largest absolute Gasteiger partial charge is 0.363 e. The van der Waals surface area contributed by atoms with Gasteiger partial charge in [-0.15, -0.1) is 0 Å². The molecule has 2 aromatic rings. The van der Waals surface area contributed by atoms with Crippen molar-refractivity contribution in [2.24, 2.45) is 0 Å². The second-order valence-corrected chi connectivity index (χ2v) is 7.18. The fraction of sp³-hybridized carbons (Fsp3) is 0.261. The van der Waals surface area contributed by atoms with Gasteiger partial charge in [-0.2, -0.15) is 5.26 Å². The van der Waals surface area contributed by atoms with Crippen LogP contribution in [-0.2, 0) is 0 Å². The molecule has 0 amide bonds. The van der Waals surface area contributed by atoms with E-state index in [-0.39, 0.29) is 11.4 Å². The molecule has 132 valence electrons. The molecule has 0 saturated carbocycles. The van der Waals surface area contributed by atoms with Crippen molar-refractivity contribution in [2.75, 3.05) is 11.4 Å². The van der Waals surface area contributed by atoms with Gasteiger partial charge < -0.3 is 4.90 Å². The molecule has 0 fully saturated rings. The lowest BCUT2D eigenvalue weighted by Gasteiger charge is -2.42. The van der Waals surface area contributed by atoms with Crippen molar-refractivity contribution in [1.82, 2.24) is 0 Å². The SMILES string of the molecule is CCN1c2ccc(/C=C(/C#N)c3ccc(F)cc3)cc2C(C)=CC1(C)C. The van der Waals surface area contributed by atoms with Gasteiger partial charge in [0, 0.05) is 17.8 Å². The molecule has 0 unspecified atom stereocenters. The topological polar surface area (TPSA) is 27.0 Å². The van der Waals surface area contributed by atoms with Gasteiger partial charge >= 0.3 is 0 Å². The Labute approximate surface area is 154 Å². The minimum atomic E-state index is -0.303. The van der Waals surface area contributed by atoms with Crippen molar-refractivity contribution in [3.8, 4) is 6.07 Å². The van der Waals surface area contributed by atoms with Crippen LogP contribution in [0.1, 0.15) is 44.4 Å². The summed E-state index contributed by atoms with van der Waals surface area (Å²) < 4.78 is 13.1.